The number of hydrogen-bond donors (Lipinski definition) is 1. The van der Waals surface area contributed by atoms with E-state index in [1.165, 1.54) is 6.07 Å². The Kier molecular flexibility index (Phi) is 3.57. The van der Waals surface area contributed by atoms with Crippen molar-refractivity contribution in [3.05, 3.63) is 51.3 Å². The number of nitrogens with zero attached hydrogens (tertiary/aromatic N) is 6. The Morgan fingerprint density at radius 3 is 2.92 bits per heavy atom. The average Bonchev–Trinajstić information content (AvgIpc) is 3.19. The molecule has 0 aliphatic carbocycles. The van der Waals surface area contributed by atoms with Gasteiger partial charge in [0, 0.05) is 44.3 Å². The molecule has 0 saturated heterocycles. The Morgan fingerprint density at radius 2 is 2.20 bits per heavy atom. The van der Waals surface area contributed by atoms with Crippen LogP contribution < -0.4 is 5.32 Å². The lowest BCUT2D eigenvalue weighted by Gasteiger charge is -2.16. The first-order valence-electron chi connectivity index (χ1n) is 7.98. The van der Waals surface area contributed by atoms with Gasteiger partial charge in [-0.25, -0.2) is 4.68 Å². The zero-order chi connectivity index (χ0) is 17.6. The van der Waals surface area contributed by atoms with Gasteiger partial charge in [0.15, 0.2) is 0 Å². The first-order chi connectivity index (χ1) is 12.0. The van der Waals surface area contributed by atoms with Crippen LogP contribution in [0.25, 0.3) is 17.1 Å². The number of nitro benzene ring substituents is 1. The number of non-ortho nitro benzene ring substituents is 1. The lowest BCUT2D eigenvalue weighted by atomic mass is 10.1. The molecule has 4 rings (SSSR count). The van der Waals surface area contributed by atoms with Crippen molar-refractivity contribution in [2.75, 3.05) is 6.54 Å². The highest BCUT2D eigenvalue weighted by Crippen LogP contribution is 2.30. The molecule has 0 radical (unpaired) electrons. The van der Waals surface area contributed by atoms with Crippen molar-refractivity contribution in [1.29, 1.82) is 0 Å². The number of fused-ring (bicyclic) bond motifs is 1. The molecule has 9 heteroatoms. The summed E-state index contributed by atoms with van der Waals surface area (Å²) in [7, 11) is 1.81. The molecular formula is C16H17N7O2. The van der Waals surface area contributed by atoms with Crippen LogP contribution in [0.1, 0.15) is 16.8 Å². The molecule has 1 aliphatic heterocycles. The molecule has 2 aromatic heterocycles. The van der Waals surface area contributed by atoms with Crippen LogP contribution in [0.4, 0.5) is 5.69 Å². The van der Waals surface area contributed by atoms with E-state index >= 15 is 0 Å². The summed E-state index contributed by atoms with van der Waals surface area (Å²) in [5.41, 5.74) is 5.30. The molecule has 3 aromatic rings. The van der Waals surface area contributed by atoms with Gasteiger partial charge >= 0.3 is 0 Å². The standard InChI is InChI=1S/C16H17N7O2/c1-10-3-4-11(23(24)25)7-15(10)22-14-5-6-17-8-12(14)16(19-22)13-9-21(2)20-18-13/h3-4,7,9,17H,5-6,8H2,1-2H3. The molecule has 0 fully saturated rings. The minimum absolute atomic E-state index is 0.0554. The highest BCUT2D eigenvalue weighted by Gasteiger charge is 2.25. The molecule has 0 spiro atoms. The van der Waals surface area contributed by atoms with Gasteiger partial charge in [0.25, 0.3) is 5.69 Å². The number of benzene rings is 1. The predicted molar refractivity (Wildman–Crippen MR) is 90.4 cm³/mol. The summed E-state index contributed by atoms with van der Waals surface area (Å²) in [5.74, 6) is 0. The van der Waals surface area contributed by atoms with E-state index in [1.54, 1.807) is 16.8 Å². The normalized spacial score (nSPS) is 13.7. The number of rotatable bonds is 3. The van der Waals surface area contributed by atoms with Crippen LogP contribution in [0.3, 0.4) is 0 Å². The summed E-state index contributed by atoms with van der Waals surface area (Å²) in [4.78, 5) is 10.8. The summed E-state index contributed by atoms with van der Waals surface area (Å²) in [6.07, 6.45) is 2.62. The van der Waals surface area contributed by atoms with Gasteiger partial charge in [-0.3, -0.25) is 14.8 Å². The molecule has 0 bridgehead atoms. The second-order valence-corrected chi connectivity index (χ2v) is 6.12. The molecule has 0 unspecified atom stereocenters. The number of hydrogen-bond acceptors (Lipinski definition) is 6. The van der Waals surface area contributed by atoms with E-state index in [9.17, 15) is 10.1 Å². The second-order valence-electron chi connectivity index (χ2n) is 6.12. The quantitative estimate of drug-likeness (QED) is 0.573. The van der Waals surface area contributed by atoms with Crippen molar-refractivity contribution in [3.8, 4) is 17.1 Å². The van der Waals surface area contributed by atoms with Gasteiger partial charge in [-0.15, -0.1) is 5.10 Å². The smallest absolute Gasteiger partial charge is 0.271 e. The fraction of sp³-hybridized carbons (Fsp3) is 0.312. The van der Waals surface area contributed by atoms with Gasteiger partial charge in [0.2, 0.25) is 0 Å². The van der Waals surface area contributed by atoms with Crippen LogP contribution in [-0.2, 0) is 20.0 Å². The molecule has 0 atom stereocenters. The fourth-order valence-corrected chi connectivity index (χ4v) is 3.15. The highest BCUT2D eigenvalue weighted by molar-refractivity contribution is 5.62. The third-order valence-corrected chi connectivity index (χ3v) is 4.41. The average molecular weight is 339 g/mol. The van der Waals surface area contributed by atoms with Gasteiger partial charge in [0.05, 0.1) is 22.5 Å². The van der Waals surface area contributed by atoms with Crippen LogP contribution in [0.2, 0.25) is 0 Å². The van der Waals surface area contributed by atoms with Crippen LogP contribution in [0.15, 0.2) is 24.4 Å². The molecule has 3 heterocycles. The molecular weight excluding hydrogens is 322 g/mol. The summed E-state index contributed by atoms with van der Waals surface area (Å²) < 4.78 is 3.46. The van der Waals surface area contributed by atoms with Crippen molar-refractivity contribution in [2.24, 2.45) is 7.05 Å². The number of aromatic nitrogens is 5. The molecule has 25 heavy (non-hydrogen) atoms. The van der Waals surface area contributed by atoms with Crippen LogP contribution in [0, 0.1) is 17.0 Å². The lowest BCUT2D eigenvalue weighted by Crippen LogP contribution is -2.24. The SMILES string of the molecule is Cc1ccc([N+](=O)[O-])cc1-n1nc(-c2cn(C)nn2)c2c1CCNC2. The first-order valence-corrected chi connectivity index (χ1v) is 7.98. The van der Waals surface area contributed by atoms with Crippen LogP contribution >= 0.6 is 0 Å². The molecule has 1 aliphatic rings. The molecule has 128 valence electrons. The highest BCUT2D eigenvalue weighted by atomic mass is 16.6. The summed E-state index contributed by atoms with van der Waals surface area (Å²) in [5, 5.41) is 27.4. The van der Waals surface area contributed by atoms with E-state index in [0.29, 0.717) is 12.2 Å². The second kappa shape index (κ2) is 5.78. The van der Waals surface area contributed by atoms with Crippen molar-refractivity contribution in [3.63, 3.8) is 0 Å². The Balaban J connectivity index is 1.93. The summed E-state index contributed by atoms with van der Waals surface area (Å²) >= 11 is 0. The van der Waals surface area contributed by atoms with Crippen LogP contribution in [-0.4, -0.2) is 36.2 Å². The predicted octanol–water partition coefficient (Wildman–Crippen LogP) is 1.53. The first kappa shape index (κ1) is 15.5. The molecule has 1 aromatic carbocycles. The van der Waals surface area contributed by atoms with Crippen molar-refractivity contribution < 1.29 is 4.92 Å². The summed E-state index contributed by atoms with van der Waals surface area (Å²) in [6.45, 7) is 3.46. The van der Waals surface area contributed by atoms with Gasteiger partial charge in [-0.05, 0) is 12.5 Å². The van der Waals surface area contributed by atoms with E-state index in [2.05, 4.69) is 15.6 Å². The Hall–Kier alpha value is -3.07. The number of nitrogens with one attached hydrogen (secondary N) is 1. The maximum absolute atomic E-state index is 11.2. The largest absolute Gasteiger partial charge is 0.312 e. The maximum atomic E-state index is 11.2. The van der Waals surface area contributed by atoms with Gasteiger partial charge in [-0.1, -0.05) is 11.3 Å². The topological polar surface area (TPSA) is 104 Å². The Bertz CT molecular complexity index is 973. The van der Waals surface area contributed by atoms with Crippen LogP contribution in [0.5, 0.6) is 0 Å². The van der Waals surface area contributed by atoms with Gasteiger partial charge in [0.1, 0.15) is 11.4 Å². The van der Waals surface area contributed by atoms with E-state index in [-0.39, 0.29) is 10.6 Å². The van der Waals surface area contributed by atoms with Crippen molar-refractivity contribution in [2.45, 2.75) is 19.9 Å². The third-order valence-electron chi connectivity index (χ3n) is 4.41. The zero-order valence-corrected chi connectivity index (χ0v) is 13.9. The Labute approximate surface area is 143 Å². The summed E-state index contributed by atoms with van der Waals surface area (Å²) in [6, 6.07) is 4.84. The zero-order valence-electron chi connectivity index (χ0n) is 13.9. The van der Waals surface area contributed by atoms with Crippen molar-refractivity contribution in [1.82, 2.24) is 30.1 Å². The number of aryl methyl sites for hydroxylation is 2. The monoisotopic (exact) mass is 339 g/mol. The molecule has 0 saturated carbocycles. The van der Waals surface area contributed by atoms with Gasteiger partial charge in [-0.2, -0.15) is 5.10 Å². The van der Waals surface area contributed by atoms with Crippen molar-refractivity contribution >= 4 is 5.69 Å². The minimum Gasteiger partial charge on any atom is -0.312 e. The maximum Gasteiger partial charge on any atom is 0.271 e. The van der Waals surface area contributed by atoms with E-state index in [4.69, 9.17) is 5.10 Å². The third kappa shape index (κ3) is 2.58. The van der Waals surface area contributed by atoms with E-state index < -0.39 is 0 Å². The number of nitro groups is 1. The molecule has 0 amide bonds. The lowest BCUT2D eigenvalue weighted by molar-refractivity contribution is -0.384. The Morgan fingerprint density at radius 1 is 1.36 bits per heavy atom. The fourth-order valence-electron chi connectivity index (χ4n) is 3.15. The van der Waals surface area contributed by atoms with E-state index in [0.717, 1.165) is 41.2 Å². The van der Waals surface area contributed by atoms with E-state index in [1.807, 2.05) is 24.9 Å². The minimum atomic E-state index is -0.385. The molecule has 9 nitrogen and oxygen atoms in total. The van der Waals surface area contributed by atoms with Gasteiger partial charge < -0.3 is 5.32 Å². The molecule has 1 N–H and O–H groups in total.